The lowest BCUT2D eigenvalue weighted by Gasteiger charge is -2.37. The first-order chi connectivity index (χ1) is 10.0. The molecule has 1 aromatic heterocycles. The first-order valence-corrected chi connectivity index (χ1v) is 8.41. The summed E-state index contributed by atoms with van der Waals surface area (Å²) in [5.74, 6) is -0.163. The van der Waals surface area contributed by atoms with E-state index in [-0.39, 0.29) is 11.9 Å². The molecule has 0 spiro atoms. The molecule has 1 heterocycles. The molecule has 1 N–H and O–H groups in total. The Morgan fingerprint density at radius 1 is 1.57 bits per heavy atom. The quantitative estimate of drug-likeness (QED) is 0.815. The van der Waals surface area contributed by atoms with Crippen molar-refractivity contribution in [3.63, 3.8) is 0 Å². The summed E-state index contributed by atoms with van der Waals surface area (Å²) >= 11 is 1.58. The summed E-state index contributed by atoms with van der Waals surface area (Å²) in [5, 5.41) is 12.7. The fourth-order valence-corrected chi connectivity index (χ4v) is 3.51. The number of hydrogen-bond donors (Lipinski definition) is 1. The number of thiazole rings is 1. The highest BCUT2D eigenvalue weighted by Gasteiger charge is 2.37. The second-order valence-corrected chi connectivity index (χ2v) is 6.62. The van der Waals surface area contributed by atoms with Gasteiger partial charge in [0.05, 0.1) is 29.3 Å². The summed E-state index contributed by atoms with van der Waals surface area (Å²) < 4.78 is 5.06. The zero-order chi connectivity index (χ0) is 15.3. The van der Waals surface area contributed by atoms with E-state index in [1.54, 1.807) is 11.3 Å². The predicted molar refractivity (Wildman–Crippen MR) is 82.0 cm³/mol. The molecule has 0 amide bonds. The standard InChI is InChI=1S/C15H24N2O3S/c1-3-20-14(18)12-4-6-15(19,7-5-12)10-17(2)8-13-9-21-11-16-13/h9,11-12,19H,3-8,10H2,1-2H3. The van der Waals surface area contributed by atoms with Crippen LogP contribution < -0.4 is 0 Å². The van der Waals surface area contributed by atoms with Gasteiger partial charge >= 0.3 is 5.97 Å². The Hall–Kier alpha value is -0.980. The van der Waals surface area contributed by atoms with Crippen molar-refractivity contribution in [2.45, 2.75) is 44.8 Å². The van der Waals surface area contributed by atoms with Crippen LogP contribution in [0.15, 0.2) is 10.9 Å². The Kier molecular flexibility index (Phi) is 5.72. The first-order valence-electron chi connectivity index (χ1n) is 7.47. The van der Waals surface area contributed by atoms with Gasteiger partial charge in [0.15, 0.2) is 0 Å². The Labute approximate surface area is 129 Å². The van der Waals surface area contributed by atoms with E-state index in [9.17, 15) is 9.90 Å². The summed E-state index contributed by atoms with van der Waals surface area (Å²) in [6.07, 6.45) is 2.72. The molecular weight excluding hydrogens is 288 g/mol. The number of rotatable bonds is 6. The third-order valence-corrected chi connectivity index (χ3v) is 4.65. The summed E-state index contributed by atoms with van der Waals surface area (Å²) in [5.41, 5.74) is 2.15. The largest absolute Gasteiger partial charge is 0.466 e. The topological polar surface area (TPSA) is 62.7 Å². The molecular formula is C15H24N2O3S. The number of ether oxygens (including phenoxy) is 1. The Balaban J connectivity index is 1.80. The average molecular weight is 312 g/mol. The molecule has 6 heteroatoms. The van der Waals surface area contributed by atoms with Gasteiger partial charge in [-0.3, -0.25) is 9.69 Å². The van der Waals surface area contributed by atoms with Crippen LogP contribution in [0.4, 0.5) is 0 Å². The number of esters is 1. The van der Waals surface area contributed by atoms with E-state index in [1.165, 1.54) is 0 Å². The summed E-state index contributed by atoms with van der Waals surface area (Å²) in [7, 11) is 1.99. The molecule has 0 aromatic carbocycles. The van der Waals surface area contributed by atoms with Crippen LogP contribution in [-0.2, 0) is 16.1 Å². The average Bonchev–Trinajstić information content (AvgIpc) is 2.92. The fraction of sp³-hybridized carbons (Fsp3) is 0.733. The maximum Gasteiger partial charge on any atom is 0.308 e. The maximum atomic E-state index is 11.7. The minimum atomic E-state index is -0.701. The molecule has 118 valence electrons. The van der Waals surface area contributed by atoms with Crippen molar-refractivity contribution in [2.75, 3.05) is 20.2 Å². The zero-order valence-corrected chi connectivity index (χ0v) is 13.6. The van der Waals surface area contributed by atoms with Crippen molar-refractivity contribution < 1.29 is 14.6 Å². The van der Waals surface area contributed by atoms with Crippen LogP contribution in [0, 0.1) is 5.92 Å². The third kappa shape index (κ3) is 4.76. The summed E-state index contributed by atoms with van der Waals surface area (Å²) in [4.78, 5) is 18.1. The van der Waals surface area contributed by atoms with E-state index in [1.807, 2.05) is 24.9 Å². The van der Waals surface area contributed by atoms with E-state index in [2.05, 4.69) is 9.88 Å². The molecule has 2 rings (SSSR count). The SMILES string of the molecule is CCOC(=O)C1CCC(O)(CN(C)Cc2cscn2)CC1. The smallest absolute Gasteiger partial charge is 0.308 e. The maximum absolute atomic E-state index is 11.7. The van der Waals surface area contributed by atoms with Crippen LogP contribution in [0.2, 0.25) is 0 Å². The van der Waals surface area contributed by atoms with Gasteiger partial charge in [0.25, 0.3) is 0 Å². The van der Waals surface area contributed by atoms with Crippen LogP contribution in [0.25, 0.3) is 0 Å². The number of carbonyl (C=O) groups is 1. The van der Waals surface area contributed by atoms with E-state index in [4.69, 9.17) is 4.74 Å². The summed E-state index contributed by atoms with van der Waals surface area (Å²) in [6, 6.07) is 0. The van der Waals surface area contributed by atoms with E-state index < -0.39 is 5.60 Å². The van der Waals surface area contributed by atoms with E-state index in [0.29, 0.717) is 38.8 Å². The fourth-order valence-electron chi connectivity index (χ4n) is 2.96. The number of aliphatic hydroxyl groups is 1. The van der Waals surface area contributed by atoms with Gasteiger partial charge in [-0.25, -0.2) is 4.98 Å². The van der Waals surface area contributed by atoms with Crippen molar-refractivity contribution in [2.24, 2.45) is 5.92 Å². The van der Waals surface area contributed by atoms with Crippen molar-refractivity contribution in [1.29, 1.82) is 0 Å². The molecule has 0 unspecified atom stereocenters. The number of nitrogens with zero attached hydrogens (tertiary/aromatic N) is 2. The number of hydrogen-bond acceptors (Lipinski definition) is 6. The molecule has 0 saturated heterocycles. The highest BCUT2D eigenvalue weighted by atomic mass is 32.1. The Bertz CT molecular complexity index is 442. The highest BCUT2D eigenvalue weighted by molar-refractivity contribution is 7.07. The molecule has 21 heavy (non-hydrogen) atoms. The molecule has 5 nitrogen and oxygen atoms in total. The zero-order valence-electron chi connectivity index (χ0n) is 12.7. The van der Waals surface area contributed by atoms with Gasteiger partial charge in [-0.05, 0) is 39.7 Å². The lowest BCUT2D eigenvalue weighted by atomic mass is 9.78. The van der Waals surface area contributed by atoms with Crippen molar-refractivity contribution in [3.05, 3.63) is 16.6 Å². The monoisotopic (exact) mass is 312 g/mol. The van der Waals surface area contributed by atoms with Gasteiger partial charge in [0.1, 0.15) is 0 Å². The van der Waals surface area contributed by atoms with Gasteiger partial charge in [0, 0.05) is 18.5 Å². The molecule has 1 saturated carbocycles. The molecule has 0 atom stereocenters. The van der Waals surface area contributed by atoms with Crippen LogP contribution in [0.1, 0.15) is 38.3 Å². The normalized spacial score (nSPS) is 26.0. The van der Waals surface area contributed by atoms with Gasteiger partial charge in [0.2, 0.25) is 0 Å². The number of aromatic nitrogens is 1. The Morgan fingerprint density at radius 2 is 2.29 bits per heavy atom. The minimum Gasteiger partial charge on any atom is -0.466 e. The molecule has 1 aromatic rings. The van der Waals surface area contributed by atoms with Crippen molar-refractivity contribution >= 4 is 17.3 Å². The molecule has 0 aliphatic heterocycles. The minimum absolute atomic E-state index is 0.0472. The lowest BCUT2D eigenvalue weighted by molar-refractivity contribution is -0.151. The molecule has 1 fully saturated rings. The Morgan fingerprint density at radius 3 is 2.86 bits per heavy atom. The predicted octanol–water partition coefficient (Wildman–Crippen LogP) is 2.06. The second-order valence-electron chi connectivity index (χ2n) is 5.90. The van der Waals surface area contributed by atoms with Crippen molar-refractivity contribution in [1.82, 2.24) is 9.88 Å². The van der Waals surface area contributed by atoms with E-state index >= 15 is 0 Å². The van der Waals surface area contributed by atoms with E-state index in [0.717, 1.165) is 12.2 Å². The van der Waals surface area contributed by atoms with Crippen LogP contribution >= 0.6 is 11.3 Å². The second kappa shape index (κ2) is 7.33. The van der Waals surface area contributed by atoms with Gasteiger partial charge in [-0.1, -0.05) is 0 Å². The first kappa shape index (κ1) is 16.4. The van der Waals surface area contributed by atoms with Gasteiger partial charge in [-0.15, -0.1) is 11.3 Å². The van der Waals surface area contributed by atoms with Crippen LogP contribution in [0.3, 0.4) is 0 Å². The van der Waals surface area contributed by atoms with Crippen LogP contribution in [-0.4, -0.2) is 46.8 Å². The summed E-state index contributed by atoms with van der Waals surface area (Å²) in [6.45, 7) is 3.60. The molecule has 0 radical (unpaired) electrons. The lowest BCUT2D eigenvalue weighted by Crippen LogP contribution is -2.45. The molecule has 0 bridgehead atoms. The van der Waals surface area contributed by atoms with Crippen LogP contribution in [0.5, 0.6) is 0 Å². The molecule has 1 aliphatic rings. The van der Waals surface area contributed by atoms with Gasteiger partial charge < -0.3 is 9.84 Å². The molecule has 1 aliphatic carbocycles. The number of likely N-dealkylation sites (N-methyl/N-ethyl adjacent to an activating group) is 1. The van der Waals surface area contributed by atoms with Gasteiger partial charge in [-0.2, -0.15) is 0 Å². The number of carbonyl (C=O) groups excluding carboxylic acids is 1. The highest BCUT2D eigenvalue weighted by Crippen LogP contribution is 2.33. The van der Waals surface area contributed by atoms with Crippen molar-refractivity contribution in [3.8, 4) is 0 Å². The third-order valence-electron chi connectivity index (χ3n) is 4.02.